The zero-order chi connectivity index (χ0) is 25.4. The first-order chi connectivity index (χ1) is 17.4. The molecule has 0 bridgehead atoms. The Balaban J connectivity index is 1.62. The molecule has 1 amide bonds. The summed E-state index contributed by atoms with van der Waals surface area (Å²) in [6.45, 7) is -0.261. The van der Waals surface area contributed by atoms with Crippen molar-refractivity contribution in [3.05, 3.63) is 81.3 Å². The smallest absolute Gasteiger partial charge is 0.332 e. The monoisotopic (exact) mass is 505 g/mol. The summed E-state index contributed by atoms with van der Waals surface area (Å²) < 4.78 is 16.0. The van der Waals surface area contributed by atoms with Crippen molar-refractivity contribution in [2.75, 3.05) is 19.5 Å². The second-order valence-electron chi connectivity index (χ2n) is 8.10. The van der Waals surface area contributed by atoms with E-state index in [1.54, 1.807) is 42.2 Å². The van der Waals surface area contributed by atoms with Crippen LogP contribution in [0.1, 0.15) is 5.69 Å². The van der Waals surface area contributed by atoms with Gasteiger partial charge >= 0.3 is 5.69 Å². The number of thiophene rings is 1. The minimum absolute atomic E-state index is 0.0340. The zero-order valence-electron chi connectivity index (χ0n) is 19.8. The van der Waals surface area contributed by atoms with Crippen LogP contribution in [0.4, 0.5) is 5.69 Å². The molecule has 0 atom stereocenters. The largest absolute Gasteiger partial charge is 0.497 e. The number of hydrogen-bond donors (Lipinski definition) is 1. The van der Waals surface area contributed by atoms with Gasteiger partial charge in [0.05, 0.1) is 37.7 Å². The Bertz CT molecular complexity index is 1730. The maximum absolute atomic E-state index is 13.7. The maximum Gasteiger partial charge on any atom is 0.332 e. The molecule has 5 rings (SSSR count). The van der Waals surface area contributed by atoms with Crippen LogP contribution in [0, 0.1) is 0 Å². The summed E-state index contributed by atoms with van der Waals surface area (Å²) in [6.07, 6.45) is 1.60. The highest BCUT2D eigenvalue weighted by atomic mass is 32.1. The number of anilines is 1. The quantitative estimate of drug-likeness (QED) is 0.364. The highest BCUT2D eigenvalue weighted by Crippen LogP contribution is 2.31. The van der Waals surface area contributed by atoms with E-state index >= 15 is 0 Å². The predicted octanol–water partition coefficient (Wildman–Crippen LogP) is 2.82. The van der Waals surface area contributed by atoms with Crippen molar-refractivity contribution >= 4 is 43.2 Å². The zero-order valence-corrected chi connectivity index (χ0v) is 20.7. The summed E-state index contributed by atoms with van der Waals surface area (Å²) in [4.78, 5) is 40.3. The molecule has 0 saturated carbocycles. The van der Waals surface area contributed by atoms with Gasteiger partial charge in [-0.15, -0.1) is 11.3 Å². The van der Waals surface area contributed by atoms with Crippen LogP contribution in [-0.4, -0.2) is 39.0 Å². The van der Waals surface area contributed by atoms with Crippen LogP contribution in [0.15, 0.2) is 64.3 Å². The Morgan fingerprint density at radius 1 is 1.06 bits per heavy atom. The third-order valence-corrected chi connectivity index (χ3v) is 7.12. The van der Waals surface area contributed by atoms with Crippen LogP contribution in [0.5, 0.6) is 11.5 Å². The number of fused-ring (bicyclic) bond motifs is 3. The normalized spacial score (nSPS) is 11.2. The van der Waals surface area contributed by atoms with E-state index in [9.17, 15) is 14.4 Å². The summed E-state index contributed by atoms with van der Waals surface area (Å²) >= 11 is 1.30. The first-order valence-electron chi connectivity index (χ1n) is 11.0. The van der Waals surface area contributed by atoms with Gasteiger partial charge in [0.2, 0.25) is 5.91 Å². The maximum atomic E-state index is 13.7. The second-order valence-corrected chi connectivity index (χ2v) is 9.15. The first-order valence-corrected chi connectivity index (χ1v) is 11.9. The Labute approximate surface area is 208 Å². The topological polar surface area (TPSA) is 109 Å². The molecule has 0 fully saturated rings. The predicted molar refractivity (Wildman–Crippen MR) is 138 cm³/mol. The molecule has 2 aromatic carbocycles. The number of ether oxygens (including phenoxy) is 2. The number of amides is 1. The van der Waals surface area contributed by atoms with E-state index in [1.807, 2.05) is 24.3 Å². The molecule has 0 saturated heterocycles. The highest BCUT2D eigenvalue weighted by Gasteiger charge is 2.21. The SMILES string of the molecule is COc1ccc(NC(=O)Cn2c(=O)n(Cc3ccnn3C)c(=O)c3sc4ccccc4c32)c(OC)c1. The summed E-state index contributed by atoms with van der Waals surface area (Å²) in [5.74, 6) is 0.556. The Morgan fingerprint density at radius 2 is 1.86 bits per heavy atom. The molecule has 10 nitrogen and oxygen atoms in total. The third kappa shape index (κ3) is 4.03. The number of methoxy groups -OCH3 is 2. The van der Waals surface area contributed by atoms with Gasteiger partial charge in [-0.25, -0.2) is 4.79 Å². The van der Waals surface area contributed by atoms with Gasteiger partial charge in [-0.1, -0.05) is 18.2 Å². The fourth-order valence-corrected chi connectivity index (χ4v) is 5.29. The van der Waals surface area contributed by atoms with E-state index in [1.165, 1.54) is 30.1 Å². The molecule has 184 valence electrons. The number of rotatable bonds is 7. The van der Waals surface area contributed by atoms with Gasteiger partial charge in [0.1, 0.15) is 22.7 Å². The highest BCUT2D eigenvalue weighted by molar-refractivity contribution is 7.25. The van der Waals surface area contributed by atoms with Crippen LogP contribution in [-0.2, 0) is 24.9 Å². The van der Waals surface area contributed by atoms with Gasteiger partial charge in [-0.3, -0.25) is 23.4 Å². The average Bonchev–Trinajstić information content (AvgIpc) is 3.48. The van der Waals surface area contributed by atoms with E-state index < -0.39 is 17.2 Å². The van der Waals surface area contributed by atoms with Gasteiger partial charge in [-0.2, -0.15) is 5.10 Å². The van der Waals surface area contributed by atoms with Crippen LogP contribution in [0.25, 0.3) is 20.3 Å². The van der Waals surface area contributed by atoms with Crippen LogP contribution < -0.4 is 26.0 Å². The molecule has 5 aromatic rings. The third-order valence-electron chi connectivity index (χ3n) is 5.97. The van der Waals surface area contributed by atoms with E-state index in [4.69, 9.17) is 9.47 Å². The van der Waals surface area contributed by atoms with Crippen LogP contribution >= 0.6 is 11.3 Å². The number of aromatic nitrogens is 4. The van der Waals surface area contributed by atoms with Crippen molar-refractivity contribution < 1.29 is 14.3 Å². The van der Waals surface area contributed by atoms with Crippen molar-refractivity contribution in [2.45, 2.75) is 13.1 Å². The lowest BCUT2D eigenvalue weighted by Gasteiger charge is -2.14. The lowest BCUT2D eigenvalue weighted by Crippen LogP contribution is -2.41. The molecule has 0 radical (unpaired) electrons. The van der Waals surface area contributed by atoms with Gasteiger partial charge in [0, 0.05) is 29.4 Å². The fraction of sp³-hybridized carbons (Fsp3) is 0.200. The van der Waals surface area contributed by atoms with E-state index in [0.29, 0.717) is 33.1 Å². The number of carbonyl (C=O) groups excluding carboxylic acids is 1. The Morgan fingerprint density at radius 3 is 2.58 bits per heavy atom. The van der Waals surface area contributed by atoms with Crippen molar-refractivity contribution in [1.82, 2.24) is 18.9 Å². The van der Waals surface area contributed by atoms with E-state index in [-0.39, 0.29) is 13.1 Å². The van der Waals surface area contributed by atoms with Crippen molar-refractivity contribution in [1.29, 1.82) is 0 Å². The lowest BCUT2D eigenvalue weighted by atomic mass is 10.2. The summed E-state index contributed by atoms with van der Waals surface area (Å²) in [6, 6.07) is 14.2. The van der Waals surface area contributed by atoms with Crippen molar-refractivity contribution in [2.24, 2.45) is 7.05 Å². The molecule has 0 spiro atoms. The lowest BCUT2D eigenvalue weighted by molar-refractivity contribution is -0.116. The summed E-state index contributed by atoms with van der Waals surface area (Å²) in [7, 11) is 4.77. The summed E-state index contributed by atoms with van der Waals surface area (Å²) in [5.41, 5.74) is 0.600. The number of nitrogens with zero attached hydrogens (tertiary/aromatic N) is 4. The molecule has 3 aromatic heterocycles. The minimum Gasteiger partial charge on any atom is -0.497 e. The average molecular weight is 506 g/mol. The van der Waals surface area contributed by atoms with E-state index in [2.05, 4.69) is 10.4 Å². The molecule has 1 N–H and O–H groups in total. The fourth-order valence-electron chi connectivity index (χ4n) is 4.14. The molecule has 36 heavy (non-hydrogen) atoms. The van der Waals surface area contributed by atoms with Crippen molar-refractivity contribution in [3.8, 4) is 11.5 Å². The molecule has 0 unspecified atom stereocenters. The van der Waals surface area contributed by atoms with Crippen LogP contribution in [0.3, 0.4) is 0 Å². The van der Waals surface area contributed by atoms with Gasteiger partial charge in [-0.05, 0) is 24.3 Å². The minimum atomic E-state index is -0.575. The second kappa shape index (κ2) is 9.34. The van der Waals surface area contributed by atoms with Crippen molar-refractivity contribution in [3.63, 3.8) is 0 Å². The molecule has 3 heterocycles. The number of carbonyl (C=O) groups is 1. The molecular formula is C25H23N5O5S. The van der Waals surface area contributed by atoms with E-state index in [0.717, 1.165) is 14.7 Å². The molecular weight excluding hydrogens is 482 g/mol. The molecule has 0 aliphatic rings. The number of hydrogen-bond acceptors (Lipinski definition) is 7. The number of aryl methyl sites for hydroxylation is 1. The standard InChI is InChI=1S/C25H23N5O5S/c1-28-15(10-11-26-28)13-30-24(32)23-22(17-6-4-5-7-20(17)36-23)29(25(30)33)14-21(31)27-18-9-8-16(34-2)12-19(18)35-3/h4-12H,13-14H2,1-3H3,(H,27,31). The van der Waals surface area contributed by atoms with Gasteiger partial charge < -0.3 is 14.8 Å². The summed E-state index contributed by atoms with van der Waals surface area (Å²) in [5, 5.41) is 7.68. The number of benzene rings is 2. The first kappa shape index (κ1) is 23.4. The molecule has 0 aliphatic heterocycles. The van der Waals surface area contributed by atoms with Gasteiger partial charge in [0.15, 0.2) is 0 Å². The number of nitrogens with one attached hydrogen (secondary N) is 1. The molecule has 0 aliphatic carbocycles. The Kier molecular flexibility index (Phi) is 6.06. The van der Waals surface area contributed by atoms with Gasteiger partial charge in [0.25, 0.3) is 5.56 Å². The Hall–Kier alpha value is -4.38. The van der Waals surface area contributed by atoms with Crippen LogP contribution in [0.2, 0.25) is 0 Å². The molecule has 11 heteroatoms.